The molecule has 0 radical (unpaired) electrons. The molecule has 0 bridgehead atoms. The smallest absolute Gasteiger partial charge is 0.291 e. The van der Waals surface area contributed by atoms with Gasteiger partial charge in [0.2, 0.25) is 0 Å². The molecule has 0 saturated heterocycles. The second-order valence-corrected chi connectivity index (χ2v) is 4.35. The van der Waals surface area contributed by atoms with Gasteiger partial charge in [-0.1, -0.05) is 13.0 Å². The predicted octanol–water partition coefficient (Wildman–Crippen LogP) is 2.37. The SMILES string of the molecule is CCCOC(=NCCCOC)NC(=O)c1cccc(F)c1. The lowest BCUT2D eigenvalue weighted by molar-refractivity contribution is 0.0965. The van der Waals surface area contributed by atoms with Gasteiger partial charge in [-0.3, -0.25) is 10.1 Å². The number of nitrogens with zero attached hydrogens (tertiary/aromatic N) is 1. The Morgan fingerprint density at radius 2 is 2.19 bits per heavy atom. The normalized spacial score (nSPS) is 11.3. The highest BCUT2D eigenvalue weighted by atomic mass is 19.1. The Balaban J connectivity index is 2.64. The van der Waals surface area contributed by atoms with Crippen LogP contribution in [-0.4, -0.2) is 38.8 Å². The molecule has 0 spiro atoms. The summed E-state index contributed by atoms with van der Waals surface area (Å²) in [6.45, 7) is 3.47. The number of aliphatic imine (C=N–C) groups is 1. The van der Waals surface area contributed by atoms with Crippen molar-refractivity contribution in [3.8, 4) is 0 Å². The van der Waals surface area contributed by atoms with Crippen LogP contribution in [0.1, 0.15) is 30.1 Å². The monoisotopic (exact) mass is 296 g/mol. The van der Waals surface area contributed by atoms with E-state index in [9.17, 15) is 9.18 Å². The molecule has 1 aromatic carbocycles. The summed E-state index contributed by atoms with van der Waals surface area (Å²) in [5.74, 6) is -0.910. The molecule has 0 saturated carbocycles. The van der Waals surface area contributed by atoms with Gasteiger partial charge in [0.1, 0.15) is 5.82 Å². The fourth-order valence-corrected chi connectivity index (χ4v) is 1.51. The number of hydrogen-bond acceptors (Lipinski definition) is 4. The van der Waals surface area contributed by atoms with E-state index < -0.39 is 11.7 Å². The first kappa shape index (κ1) is 17.1. The van der Waals surface area contributed by atoms with E-state index in [1.165, 1.54) is 18.2 Å². The van der Waals surface area contributed by atoms with Crippen LogP contribution in [0.4, 0.5) is 4.39 Å². The summed E-state index contributed by atoms with van der Waals surface area (Å²) < 4.78 is 23.4. The average Bonchev–Trinajstić information content (AvgIpc) is 2.48. The number of amides is 1. The summed E-state index contributed by atoms with van der Waals surface area (Å²) in [6, 6.07) is 5.61. The third-order valence-electron chi connectivity index (χ3n) is 2.51. The van der Waals surface area contributed by atoms with Crippen molar-refractivity contribution in [2.24, 2.45) is 4.99 Å². The number of ether oxygens (including phenoxy) is 2. The number of carbonyl (C=O) groups excluding carboxylic acids is 1. The molecule has 0 atom stereocenters. The number of methoxy groups -OCH3 is 1. The average molecular weight is 296 g/mol. The molecule has 0 fully saturated rings. The van der Waals surface area contributed by atoms with Crippen molar-refractivity contribution in [1.82, 2.24) is 5.32 Å². The van der Waals surface area contributed by atoms with E-state index in [4.69, 9.17) is 9.47 Å². The van der Waals surface area contributed by atoms with E-state index in [2.05, 4.69) is 10.3 Å². The van der Waals surface area contributed by atoms with Crippen molar-refractivity contribution < 1.29 is 18.7 Å². The van der Waals surface area contributed by atoms with Crippen LogP contribution in [0.5, 0.6) is 0 Å². The molecule has 21 heavy (non-hydrogen) atoms. The zero-order chi connectivity index (χ0) is 15.5. The first-order valence-electron chi connectivity index (χ1n) is 6.90. The van der Waals surface area contributed by atoms with Gasteiger partial charge in [-0.25, -0.2) is 9.38 Å². The van der Waals surface area contributed by atoms with E-state index in [1.807, 2.05) is 6.92 Å². The van der Waals surface area contributed by atoms with Crippen molar-refractivity contribution in [2.75, 3.05) is 26.9 Å². The molecular formula is C15H21FN2O3. The van der Waals surface area contributed by atoms with Crippen LogP contribution in [0.15, 0.2) is 29.3 Å². The summed E-state index contributed by atoms with van der Waals surface area (Å²) in [6.07, 6.45) is 1.53. The summed E-state index contributed by atoms with van der Waals surface area (Å²) in [7, 11) is 1.62. The lowest BCUT2D eigenvalue weighted by atomic mass is 10.2. The number of carbonyl (C=O) groups is 1. The van der Waals surface area contributed by atoms with E-state index in [1.54, 1.807) is 7.11 Å². The minimum absolute atomic E-state index is 0.155. The summed E-state index contributed by atoms with van der Waals surface area (Å²) in [4.78, 5) is 16.2. The highest BCUT2D eigenvalue weighted by Gasteiger charge is 2.10. The van der Waals surface area contributed by atoms with E-state index in [-0.39, 0.29) is 11.6 Å². The summed E-state index contributed by atoms with van der Waals surface area (Å²) in [5.41, 5.74) is 0.222. The first-order chi connectivity index (χ1) is 10.2. The van der Waals surface area contributed by atoms with Gasteiger partial charge in [-0.05, 0) is 31.0 Å². The fraction of sp³-hybridized carbons (Fsp3) is 0.467. The van der Waals surface area contributed by atoms with Crippen molar-refractivity contribution in [3.63, 3.8) is 0 Å². The second kappa shape index (κ2) is 9.88. The van der Waals surface area contributed by atoms with E-state index >= 15 is 0 Å². The molecule has 0 heterocycles. The lowest BCUT2D eigenvalue weighted by Gasteiger charge is -2.10. The second-order valence-electron chi connectivity index (χ2n) is 4.35. The van der Waals surface area contributed by atoms with Gasteiger partial charge < -0.3 is 9.47 Å². The highest BCUT2D eigenvalue weighted by Crippen LogP contribution is 2.03. The Kier molecular flexibility index (Phi) is 8.04. The van der Waals surface area contributed by atoms with Gasteiger partial charge in [0, 0.05) is 25.8 Å². The maximum atomic E-state index is 13.1. The molecule has 0 aromatic heterocycles. The molecule has 0 aliphatic rings. The van der Waals surface area contributed by atoms with Gasteiger partial charge in [0.05, 0.1) is 6.61 Å². The van der Waals surface area contributed by atoms with Crippen LogP contribution in [0.2, 0.25) is 0 Å². The van der Waals surface area contributed by atoms with Crippen molar-refractivity contribution in [1.29, 1.82) is 0 Å². The van der Waals surface area contributed by atoms with Crippen LogP contribution in [-0.2, 0) is 9.47 Å². The zero-order valence-electron chi connectivity index (χ0n) is 12.4. The van der Waals surface area contributed by atoms with Crippen molar-refractivity contribution >= 4 is 11.9 Å². The van der Waals surface area contributed by atoms with Crippen molar-refractivity contribution in [2.45, 2.75) is 19.8 Å². The Morgan fingerprint density at radius 1 is 1.38 bits per heavy atom. The fourth-order valence-electron chi connectivity index (χ4n) is 1.51. The first-order valence-corrected chi connectivity index (χ1v) is 6.90. The van der Waals surface area contributed by atoms with Gasteiger partial charge in [-0.15, -0.1) is 0 Å². The number of hydrogen-bond donors (Lipinski definition) is 1. The molecule has 1 aromatic rings. The molecule has 116 valence electrons. The third-order valence-corrected chi connectivity index (χ3v) is 2.51. The van der Waals surface area contributed by atoms with E-state index in [0.29, 0.717) is 19.8 Å². The topological polar surface area (TPSA) is 59.9 Å². The van der Waals surface area contributed by atoms with Crippen LogP contribution >= 0.6 is 0 Å². The van der Waals surface area contributed by atoms with E-state index in [0.717, 1.165) is 18.9 Å². The quantitative estimate of drug-likeness (QED) is 0.477. The van der Waals surface area contributed by atoms with Gasteiger partial charge in [0.25, 0.3) is 11.9 Å². The maximum absolute atomic E-state index is 13.1. The van der Waals surface area contributed by atoms with Crippen LogP contribution < -0.4 is 5.32 Å². The lowest BCUT2D eigenvalue weighted by Crippen LogP contribution is -2.33. The Bertz CT molecular complexity index is 478. The number of rotatable bonds is 7. The molecule has 5 nitrogen and oxygen atoms in total. The standard InChI is InChI=1S/C15H21FN2O3/c1-3-9-21-15(17-8-5-10-20-2)18-14(19)12-6-4-7-13(16)11-12/h4,6-7,11H,3,5,8-10H2,1-2H3,(H,17,18,19). The minimum atomic E-state index is -0.462. The number of nitrogens with one attached hydrogen (secondary N) is 1. The highest BCUT2D eigenvalue weighted by molar-refractivity contribution is 6.04. The Labute approximate surface area is 124 Å². The summed E-state index contributed by atoms with van der Waals surface area (Å²) in [5, 5.41) is 2.55. The van der Waals surface area contributed by atoms with Crippen LogP contribution in [0.3, 0.4) is 0 Å². The van der Waals surface area contributed by atoms with Crippen LogP contribution in [0, 0.1) is 5.82 Å². The molecule has 1 amide bonds. The number of amidine groups is 1. The van der Waals surface area contributed by atoms with Crippen LogP contribution in [0.25, 0.3) is 0 Å². The molecule has 1 N–H and O–H groups in total. The molecule has 0 aliphatic carbocycles. The van der Waals surface area contributed by atoms with Crippen molar-refractivity contribution in [3.05, 3.63) is 35.6 Å². The minimum Gasteiger partial charge on any atom is -0.465 e. The van der Waals surface area contributed by atoms with Gasteiger partial charge in [-0.2, -0.15) is 0 Å². The molecule has 6 heteroatoms. The number of halogens is 1. The Morgan fingerprint density at radius 3 is 2.86 bits per heavy atom. The van der Waals surface area contributed by atoms with Gasteiger partial charge >= 0.3 is 0 Å². The van der Waals surface area contributed by atoms with Gasteiger partial charge in [0.15, 0.2) is 0 Å². The largest absolute Gasteiger partial charge is 0.465 e. The molecular weight excluding hydrogens is 275 g/mol. The number of benzene rings is 1. The zero-order valence-corrected chi connectivity index (χ0v) is 12.4. The molecule has 0 unspecified atom stereocenters. The summed E-state index contributed by atoms with van der Waals surface area (Å²) >= 11 is 0. The molecule has 1 rings (SSSR count). The predicted molar refractivity (Wildman–Crippen MR) is 78.9 cm³/mol. The Hall–Kier alpha value is -1.95. The third kappa shape index (κ3) is 6.85. The maximum Gasteiger partial charge on any atom is 0.291 e. The molecule has 0 aliphatic heterocycles.